The molecule has 158 valence electrons. The van der Waals surface area contributed by atoms with Gasteiger partial charge >= 0.3 is 11.9 Å². The minimum Gasteiger partial charge on any atom is -0.481 e. The molecule has 5 heteroatoms. The topological polar surface area (TPSA) is 83.8 Å². The van der Waals surface area contributed by atoms with Gasteiger partial charge in [0.15, 0.2) is 0 Å². The van der Waals surface area contributed by atoms with Crippen LogP contribution in [0, 0.1) is 23.7 Å². The van der Waals surface area contributed by atoms with Crippen molar-refractivity contribution in [3.8, 4) is 0 Å². The van der Waals surface area contributed by atoms with Gasteiger partial charge in [-0.3, -0.25) is 9.59 Å². The highest BCUT2D eigenvalue weighted by atomic mass is 16.5. The molecule has 0 unspecified atom stereocenters. The second-order valence-corrected chi connectivity index (χ2v) is 8.55. The van der Waals surface area contributed by atoms with E-state index in [1.165, 1.54) is 24.8 Å². The van der Waals surface area contributed by atoms with E-state index in [4.69, 9.17) is 9.84 Å². The largest absolute Gasteiger partial charge is 0.481 e. The van der Waals surface area contributed by atoms with Crippen LogP contribution in [-0.2, 0) is 14.3 Å². The highest BCUT2D eigenvalue weighted by molar-refractivity contribution is 5.71. The van der Waals surface area contributed by atoms with Gasteiger partial charge in [-0.05, 0) is 61.9 Å². The van der Waals surface area contributed by atoms with Gasteiger partial charge in [0.05, 0.1) is 18.4 Å². The van der Waals surface area contributed by atoms with Gasteiger partial charge in [-0.15, -0.1) is 0 Å². The number of rotatable bonds is 5. The van der Waals surface area contributed by atoms with Crippen LogP contribution in [-0.4, -0.2) is 34.4 Å². The number of fused-ring (bicyclic) bond motifs is 1. The summed E-state index contributed by atoms with van der Waals surface area (Å²) in [6.07, 6.45) is 13.7. The van der Waals surface area contributed by atoms with Crippen molar-refractivity contribution >= 4 is 11.9 Å². The van der Waals surface area contributed by atoms with Crippen molar-refractivity contribution in [1.82, 2.24) is 0 Å². The Bertz CT molecular complexity index is 594. The number of hydrogen-bond donors (Lipinski definition) is 2. The summed E-state index contributed by atoms with van der Waals surface area (Å²) in [4.78, 5) is 21.4. The number of carbonyl (C=O) groups is 2. The molecule has 0 aromatic rings. The van der Waals surface area contributed by atoms with Gasteiger partial charge in [0.25, 0.3) is 0 Å². The summed E-state index contributed by atoms with van der Waals surface area (Å²) < 4.78 is 5.39. The summed E-state index contributed by atoms with van der Waals surface area (Å²) in [5, 5.41) is 17.9. The van der Waals surface area contributed by atoms with Crippen LogP contribution in [0.15, 0.2) is 23.8 Å². The third-order valence-corrected chi connectivity index (χ3v) is 6.40. The first-order valence-corrected chi connectivity index (χ1v) is 10.8. The standard InChI is InChI=1S/C18H26O3.C5H10O2/c1-12-6-7-13-4-2-3-5-17(13)16(12)9-8-15-10-14(19)11-18(20)21-15;1-3-4(2)5(6)7/h4,6-7,12,14-17,19H,2-3,5,8-11H2,1H3;4H,3H2,1-2H3,(H,6,7)/t12-,14+,15+,16-,17-;4-/m00/s1. The van der Waals surface area contributed by atoms with E-state index in [2.05, 4.69) is 25.2 Å². The van der Waals surface area contributed by atoms with Gasteiger partial charge in [0, 0.05) is 6.42 Å². The molecule has 2 aliphatic carbocycles. The van der Waals surface area contributed by atoms with Crippen LogP contribution in [0.4, 0.5) is 0 Å². The quantitative estimate of drug-likeness (QED) is 0.673. The molecule has 3 aliphatic rings. The molecular formula is C23H36O5. The molecule has 1 heterocycles. The van der Waals surface area contributed by atoms with Crippen LogP contribution in [0.1, 0.15) is 72.1 Å². The Morgan fingerprint density at radius 1 is 1.36 bits per heavy atom. The lowest BCUT2D eigenvalue weighted by Gasteiger charge is -2.38. The summed E-state index contributed by atoms with van der Waals surface area (Å²) in [6, 6.07) is 0. The lowest BCUT2D eigenvalue weighted by molar-refractivity contribution is -0.160. The molecule has 6 atom stereocenters. The van der Waals surface area contributed by atoms with Crippen LogP contribution >= 0.6 is 0 Å². The fourth-order valence-corrected chi connectivity index (χ4v) is 4.40. The van der Waals surface area contributed by atoms with Crippen LogP contribution < -0.4 is 0 Å². The monoisotopic (exact) mass is 392 g/mol. The van der Waals surface area contributed by atoms with Crippen molar-refractivity contribution in [2.75, 3.05) is 0 Å². The summed E-state index contributed by atoms with van der Waals surface area (Å²) >= 11 is 0. The van der Waals surface area contributed by atoms with Crippen molar-refractivity contribution < 1.29 is 24.5 Å². The number of hydrogen-bond acceptors (Lipinski definition) is 4. The fourth-order valence-electron chi connectivity index (χ4n) is 4.40. The van der Waals surface area contributed by atoms with Gasteiger partial charge in [-0.2, -0.15) is 0 Å². The summed E-state index contributed by atoms with van der Waals surface area (Å²) in [5.74, 6) is 0.799. The number of aliphatic hydroxyl groups excluding tert-OH is 1. The average Bonchev–Trinajstić information content (AvgIpc) is 2.66. The lowest BCUT2D eigenvalue weighted by atomic mass is 9.68. The molecule has 5 nitrogen and oxygen atoms in total. The first kappa shape index (κ1) is 22.7. The number of carboxylic acid groups (broad SMARTS) is 1. The minimum absolute atomic E-state index is 0.0876. The van der Waals surface area contributed by atoms with Crippen LogP contribution in [0.2, 0.25) is 0 Å². The van der Waals surface area contributed by atoms with Gasteiger partial charge in [-0.1, -0.05) is 39.0 Å². The Morgan fingerprint density at radius 2 is 2.11 bits per heavy atom. The zero-order chi connectivity index (χ0) is 20.7. The van der Waals surface area contributed by atoms with E-state index in [0.717, 1.165) is 19.3 Å². The number of allylic oxidation sites excluding steroid dienone is 4. The number of ether oxygens (including phenoxy) is 1. The summed E-state index contributed by atoms with van der Waals surface area (Å²) in [7, 11) is 0. The van der Waals surface area contributed by atoms with Crippen LogP contribution in [0.3, 0.4) is 0 Å². The molecule has 2 N–H and O–H groups in total. The lowest BCUT2D eigenvalue weighted by Crippen LogP contribution is -2.34. The molecule has 0 saturated carbocycles. The predicted molar refractivity (Wildman–Crippen MR) is 109 cm³/mol. The Labute approximate surface area is 168 Å². The van der Waals surface area contributed by atoms with E-state index < -0.39 is 12.1 Å². The van der Waals surface area contributed by atoms with Crippen LogP contribution in [0.5, 0.6) is 0 Å². The SMILES string of the molecule is CC[C@H](C)C(=O)O.C[C@H]1C=CC2=CCCC[C@@H]2[C@H]1CC[C@@H]1C[C@@H](O)CC(=O)O1. The predicted octanol–water partition coefficient (Wildman–Crippen LogP) is 4.50. The number of aliphatic carboxylic acids is 1. The van der Waals surface area contributed by atoms with Gasteiger partial charge in [0.2, 0.25) is 0 Å². The molecule has 28 heavy (non-hydrogen) atoms. The van der Waals surface area contributed by atoms with E-state index in [9.17, 15) is 14.7 Å². The van der Waals surface area contributed by atoms with E-state index >= 15 is 0 Å². The molecule has 0 radical (unpaired) electrons. The molecule has 0 aromatic carbocycles. The maximum Gasteiger partial charge on any atom is 0.308 e. The van der Waals surface area contributed by atoms with Gasteiger partial charge in [-0.25, -0.2) is 0 Å². The van der Waals surface area contributed by atoms with Crippen molar-refractivity contribution in [3.63, 3.8) is 0 Å². The Hall–Kier alpha value is -1.62. The molecule has 0 bridgehead atoms. The molecule has 0 spiro atoms. The second kappa shape index (κ2) is 10.8. The van der Waals surface area contributed by atoms with Crippen molar-refractivity contribution in [2.24, 2.45) is 23.7 Å². The maximum absolute atomic E-state index is 11.4. The average molecular weight is 393 g/mol. The molecule has 1 saturated heterocycles. The number of carboxylic acids is 1. The molecule has 0 aromatic heterocycles. The first-order chi connectivity index (χ1) is 13.3. The van der Waals surface area contributed by atoms with E-state index in [1.54, 1.807) is 6.92 Å². The number of carbonyl (C=O) groups excluding carboxylic acids is 1. The second-order valence-electron chi connectivity index (χ2n) is 8.55. The first-order valence-electron chi connectivity index (χ1n) is 10.8. The minimum atomic E-state index is -0.706. The highest BCUT2D eigenvalue weighted by Gasteiger charge is 2.34. The summed E-state index contributed by atoms with van der Waals surface area (Å²) in [5.41, 5.74) is 1.52. The molecule has 1 fully saturated rings. The third-order valence-electron chi connectivity index (χ3n) is 6.40. The highest BCUT2D eigenvalue weighted by Crippen LogP contribution is 2.42. The molecular weight excluding hydrogens is 356 g/mol. The number of cyclic esters (lactones) is 1. The Balaban J connectivity index is 0.000000345. The van der Waals surface area contributed by atoms with E-state index in [-0.39, 0.29) is 24.4 Å². The normalized spacial score (nSPS) is 32.9. The molecule has 3 rings (SSSR count). The fraction of sp³-hybridized carbons (Fsp3) is 0.739. The Morgan fingerprint density at radius 3 is 2.71 bits per heavy atom. The number of esters is 1. The zero-order valence-electron chi connectivity index (χ0n) is 17.5. The number of aliphatic hydroxyl groups is 1. The van der Waals surface area contributed by atoms with Crippen molar-refractivity contribution in [1.29, 1.82) is 0 Å². The van der Waals surface area contributed by atoms with Crippen LogP contribution in [0.25, 0.3) is 0 Å². The maximum atomic E-state index is 11.4. The van der Waals surface area contributed by atoms with E-state index in [1.807, 2.05) is 6.92 Å². The van der Waals surface area contributed by atoms with Crippen molar-refractivity contribution in [2.45, 2.75) is 84.3 Å². The third kappa shape index (κ3) is 6.47. The Kier molecular flexibility index (Phi) is 8.74. The summed E-state index contributed by atoms with van der Waals surface area (Å²) in [6.45, 7) is 5.86. The van der Waals surface area contributed by atoms with Crippen molar-refractivity contribution in [3.05, 3.63) is 23.8 Å². The zero-order valence-corrected chi connectivity index (χ0v) is 17.5. The van der Waals surface area contributed by atoms with Gasteiger partial charge < -0.3 is 14.9 Å². The van der Waals surface area contributed by atoms with Gasteiger partial charge in [0.1, 0.15) is 6.10 Å². The molecule has 1 aliphatic heterocycles. The van der Waals surface area contributed by atoms with E-state index in [0.29, 0.717) is 24.2 Å². The molecule has 0 amide bonds. The smallest absolute Gasteiger partial charge is 0.308 e.